The largest absolute Gasteiger partial charge is 0.356 e. The van der Waals surface area contributed by atoms with Crippen LogP contribution in [0.1, 0.15) is 31.5 Å². The molecule has 0 atom stereocenters. The summed E-state index contributed by atoms with van der Waals surface area (Å²) in [6.07, 6.45) is 6.29. The molecular weight excluding hydrogens is 413 g/mol. The quantitative estimate of drug-likeness (QED) is 0.453. The number of hydrogen-bond acceptors (Lipinski definition) is 2. The second-order valence-electron chi connectivity index (χ2n) is 7.21. The Morgan fingerprint density at radius 2 is 2.21 bits per heavy atom. The zero-order valence-corrected chi connectivity index (χ0v) is 17.4. The van der Waals surface area contributed by atoms with Gasteiger partial charge in [0.25, 0.3) is 0 Å². The average molecular weight is 441 g/mol. The Kier molecular flexibility index (Phi) is 6.11. The monoisotopic (exact) mass is 441 g/mol. The molecule has 0 amide bonds. The summed E-state index contributed by atoms with van der Waals surface area (Å²) in [6.45, 7) is 9.74. The van der Waals surface area contributed by atoms with Crippen LogP contribution in [0.5, 0.6) is 0 Å². The summed E-state index contributed by atoms with van der Waals surface area (Å²) in [5, 5.41) is 3.48. The van der Waals surface area contributed by atoms with E-state index in [1.54, 1.807) is 0 Å². The molecule has 1 saturated heterocycles. The number of pyridine rings is 1. The van der Waals surface area contributed by atoms with Crippen molar-refractivity contribution in [3.63, 3.8) is 0 Å². The number of nitrogens with zero attached hydrogens (tertiary/aromatic N) is 4. The fraction of sp³-hybridized carbons (Fsp3) is 0.556. The van der Waals surface area contributed by atoms with Crippen molar-refractivity contribution in [3.8, 4) is 0 Å². The first-order chi connectivity index (χ1) is 11.0. The summed E-state index contributed by atoms with van der Waals surface area (Å²) >= 11 is 0. The molecule has 24 heavy (non-hydrogen) atoms. The highest BCUT2D eigenvalue weighted by Gasteiger charge is 2.30. The maximum atomic E-state index is 4.73. The van der Waals surface area contributed by atoms with Crippen LogP contribution >= 0.6 is 24.0 Å². The van der Waals surface area contributed by atoms with Crippen molar-refractivity contribution in [1.82, 2.24) is 19.6 Å². The molecule has 132 valence electrons. The molecule has 3 heterocycles. The second kappa shape index (κ2) is 7.72. The van der Waals surface area contributed by atoms with Gasteiger partial charge in [-0.15, -0.1) is 24.0 Å². The first-order valence-electron chi connectivity index (χ1n) is 8.37. The van der Waals surface area contributed by atoms with E-state index < -0.39 is 0 Å². The maximum Gasteiger partial charge on any atom is 0.193 e. The number of halogens is 1. The van der Waals surface area contributed by atoms with Crippen molar-refractivity contribution in [1.29, 1.82) is 0 Å². The number of hydrogen-bond donors (Lipinski definition) is 1. The molecule has 0 aromatic carbocycles. The van der Waals surface area contributed by atoms with Crippen LogP contribution in [-0.4, -0.2) is 46.9 Å². The predicted octanol–water partition coefficient (Wildman–Crippen LogP) is 3.11. The van der Waals surface area contributed by atoms with Crippen LogP contribution in [0, 0.1) is 12.3 Å². The topological polar surface area (TPSA) is 44.9 Å². The van der Waals surface area contributed by atoms with Gasteiger partial charge in [-0.2, -0.15) is 0 Å². The smallest absolute Gasteiger partial charge is 0.193 e. The average Bonchev–Trinajstić information content (AvgIpc) is 3.07. The minimum absolute atomic E-state index is 0. The fourth-order valence-electron chi connectivity index (χ4n) is 3.25. The van der Waals surface area contributed by atoms with E-state index >= 15 is 0 Å². The third-order valence-electron chi connectivity index (χ3n) is 4.58. The van der Waals surface area contributed by atoms with E-state index in [2.05, 4.69) is 64.9 Å². The molecular formula is C18H28IN5. The van der Waals surface area contributed by atoms with Gasteiger partial charge < -0.3 is 14.6 Å². The van der Waals surface area contributed by atoms with Gasteiger partial charge in [0.1, 0.15) is 5.65 Å². The number of rotatable bonds is 3. The first kappa shape index (κ1) is 19.0. The molecule has 5 nitrogen and oxygen atoms in total. The zero-order valence-electron chi connectivity index (χ0n) is 15.0. The Hall–Kier alpha value is -1.31. The lowest BCUT2D eigenvalue weighted by Crippen LogP contribution is -2.41. The molecule has 0 aliphatic carbocycles. The van der Waals surface area contributed by atoms with Crippen LogP contribution in [0.4, 0.5) is 0 Å². The zero-order chi connectivity index (χ0) is 16.4. The predicted molar refractivity (Wildman–Crippen MR) is 110 cm³/mol. The lowest BCUT2D eigenvalue weighted by molar-refractivity contribution is 0.370. The number of likely N-dealkylation sites (tertiary alicyclic amines) is 1. The molecule has 0 spiro atoms. The number of nitrogens with one attached hydrogen (secondary N) is 1. The van der Waals surface area contributed by atoms with Crippen LogP contribution < -0.4 is 5.32 Å². The Morgan fingerprint density at radius 1 is 1.42 bits per heavy atom. The fourth-order valence-corrected chi connectivity index (χ4v) is 3.25. The lowest BCUT2D eigenvalue weighted by Gasteiger charge is -2.23. The Morgan fingerprint density at radius 3 is 2.83 bits per heavy atom. The number of fused-ring (bicyclic) bond motifs is 1. The number of aryl methyl sites for hydroxylation is 1. The minimum atomic E-state index is 0. The summed E-state index contributed by atoms with van der Waals surface area (Å²) < 4.78 is 2.10. The SMILES string of the molecule is CN=C(NCCc1cn2cccc(C)c2n1)N1CCC(C)(C)C1.I. The van der Waals surface area contributed by atoms with Crippen molar-refractivity contribution < 1.29 is 0 Å². The molecule has 0 unspecified atom stereocenters. The van der Waals surface area contributed by atoms with Gasteiger partial charge in [0, 0.05) is 45.5 Å². The molecule has 1 N–H and O–H groups in total. The minimum Gasteiger partial charge on any atom is -0.356 e. The van der Waals surface area contributed by atoms with Gasteiger partial charge in [0.05, 0.1) is 5.69 Å². The van der Waals surface area contributed by atoms with Crippen molar-refractivity contribution in [2.75, 3.05) is 26.7 Å². The maximum absolute atomic E-state index is 4.73. The van der Waals surface area contributed by atoms with Crippen LogP contribution in [0.2, 0.25) is 0 Å². The first-order valence-corrected chi connectivity index (χ1v) is 8.37. The number of guanidine groups is 1. The third kappa shape index (κ3) is 4.20. The summed E-state index contributed by atoms with van der Waals surface area (Å²) in [5.41, 5.74) is 3.76. The lowest BCUT2D eigenvalue weighted by atomic mass is 9.93. The summed E-state index contributed by atoms with van der Waals surface area (Å²) in [7, 11) is 1.86. The van der Waals surface area contributed by atoms with Gasteiger partial charge in [-0.3, -0.25) is 4.99 Å². The van der Waals surface area contributed by atoms with E-state index in [0.717, 1.165) is 43.4 Å². The van der Waals surface area contributed by atoms with Crippen molar-refractivity contribution in [2.45, 2.75) is 33.6 Å². The van der Waals surface area contributed by atoms with E-state index in [-0.39, 0.29) is 24.0 Å². The van der Waals surface area contributed by atoms with Crippen molar-refractivity contribution in [2.24, 2.45) is 10.4 Å². The van der Waals surface area contributed by atoms with Gasteiger partial charge >= 0.3 is 0 Å². The highest BCUT2D eigenvalue weighted by molar-refractivity contribution is 14.0. The van der Waals surface area contributed by atoms with Gasteiger partial charge in [-0.25, -0.2) is 4.98 Å². The van der Waals surface area contributed by atoms with Crippen LogP contribution in [-0.2, 0) is 6.42 Å². The van der Waals surface area contributed by atoms with Gasteiger partial charge in [-0.05, 0) is 30.4 Å². The number of imidazole rings is 1. The standard InChI is InChI=1S/C18H27N5.HI/c1-14-6-5-10-22-12-15(21-16(14)22)7-9-20-17(19-4)23-11-8-18(2,3)13-23;/h5-6,10,12H,7-9,11,13H2,1-4H3,(H,19,20);1H. The van der Waals surface area contributed by atoms with E-state index in [4.69, 9.17) is 4.98 Å². The van der Waals surface area contributed by atoms with Crippen LogP contribution in [0.25, 0.3) is 5.65 Å². The Labute approximate surface area is 161 Å². The third-order valence-corrected chi connectivity index (χ3v) is 4.58. The second-order valence-corrected chi connectivity index (χ2v) is 7.21. The molecule has 6 heteroatoms. The van der Waals surface area contributed by atoms with Crippen LogP contribution in [0.15, 0.2) is 29.5 Å². The number of aliphatic imine (C=N–C) groups is 1. The molecule has 0 bridgehead atoms. The summed E-state index contributed by atoms with van der Waals surface area (Å²) in [5.74, 6) is 1.01. The van der Waals surface area contributed by atoms with E-state index in [1.165, 1.54) is 12.0 Å². The normalized spacial score (nSPS) is 17.2. The molecule has 1 fully saturated rings. The molecule has 2 aromatic rings. The van der Waals surface area contributed by atoms with Gasteiger partial charge in [0.15, 0.2) is 5.96 Å². The van der Waals surface area contributed by atoms with Crippen molar-refractivity contribution >= 4 is 35.6 Å². The summed E-state index contributed by atoms with van der Waals surface area (Å²) in [4.78, 5) is 11.5. The van der Waals surface area contributed by atoms with Gasteiger partial charge in [0.2, 0.25) is 0 Å². The summed E-state index contributed by atoms with van der Waals surface area (Å²) in [6, 6.07) is 4.16. The van der Waals surface area contributed by atoms with E-state index in [0.29, 0.717) is 5.41 Å². The molecule has 1 aliphatic heterocycles. The van der Waals surface area contributed by atoms with Crippen molar-refractivity contribution in [3.05, 3.63) is 35.8 Å². The highest BCUT2D eigenvalue weighted by atomic mass is 127. The highest BCUT2D eigenvalue weighted by Crippen LogP contribution is 2.28. The molecule has 0 saturated carbocycles. The molecule has 2 aromatic heterocycles. The van der Waals surface area contributed by atoms with Gasteiger partial charge in [-0.1, -0.05) is 19.9 Å². The molecule has 0 radical (unpaired) electrons. The Balaban J connectivity index is 0.00000208. The Bertz CT molecular complexity index is 719. The molecule has 3 rings (SSSR count). The van der Waals surface area contributed by atoms with E-state index in [1.807, 2.05) is 7.05 Å². The van der Waals surface area contributed by atoms with Crippen LogP contribution in [0.3, 0.4) is 0 Å². The molecule has 1 aliphatic rings. The van der Waals surface area contributed by atoms with E-state index in [9.17, 15) is 0 Å². The number of aromatic nitrogens is 2.